The number of aliphatic hydroxyl groups is 1. The Bertz CT molecular complexity index is 864. The van der Waals surface area contributed by atoms with Crippen molar-refractivity contribution < 1.29 is 9.90 Å². The minimum Gasteiger partial charge on any atom is -0.390 e. The van der Waals surface area contributed by atoms with Crippen molar-refractivity contribution in [3.8, 4) is 0 Å². The molecule has 5 rings (SSSR count). The van der Waals surface area contributed by atoms with Gasteiger partial charge in [0.2, 0.25) is 0 Å². The van der Waals surface area contributed by atoms with E-state index in [1.165, 1.54) is 49.7 Å². The maximum Gasteiger partial charge on any atom is 0.166 e. The highest BCUT2D eigenvalue weighted by molar-refractivity contribution is 5.99. The van der Waals surface area contributed by atoms with Crippen LogP contribution in [0.25, 0.3) is 0 Å². The second-order valence-electron chi connectivity index (χ2n) is 12.8. The molecule has 170 valence electrons. The van der Waals surface area contributed by atoms with Gasteiger partial charge >= 0.3 is 0 Å². The van der Waals surface area contributed by atoms with Gasteiger partial charge in [-0.25, -0.2) is 0 Å². The third-order valence-corrected chi connectivity index (χ3v) is 10.8. The van der Waals surface area contributed by atoms with Gasteiger partial charge in [0.15, 0.2) is 5.78 Å². The van der Waals surface area contributed by atoms with Gasteiger partial charge in [-0.3, -0.25) is 4.79 Å². The molecule has 0 bridgehead atoms. The number of hydrogen-bond acceptors (Lipinski definition) is 2. The summed E-state index contributed by atoms with van der Waals surface area (Å²) in [5.41, 5.74) is 3.44. The zero-order chi connectivity index (χ0) is 22.2. The summed E-state index contributed by atoms with van der Waals surface area (Å²) in [5, 5.41) is 10.7. The molecule has 1 aromatic carbocycles. The molecule has 2 heteroatoms. The van der Waals surface area contributed by atoms with Crippen LogP contribution in [0.3, 0.4) is 0 Å². The summed E-state index contributed by atoms with van der Waals surface area (Å²) in [5.74, 6) is 3.54. The topological polar surface area (TPSA) is 37.3 Å². The Morgan fingerprint density at radius 1 is 0.839 bits per heavy atom. The molecule has 4 fully saturated rings. The van der Waals surface area contributed by atoms with E-state index in [1.54, 1.807) is 0 Å². The van der Waals surface area contributed by atoms with Crippen molar-refractivity contribution in [2.45, 2.75) is 98.0 Å². The van der Waals surface area contributed by atoms with Crippen LogP contribution >= 0.6 is 0 Å². The molecule has 0 unspecified atom stereocenters. The predicted molar refractivity (Wildman–Crippen MR) is 126 cm³/mol. The number of carbonyl (C=O) groups excluding carboxylic acids is 1. The highest BCUT2D eigenvalue weighted by Crippen LogP contribution is 2.68. The smallest absolute Gasteiger partial charge is 0.166 e. The van der Waals surface area contributed by atoms with Gasteiger partial charge in [-0.2, -0.15) is 0 Å². The van der Waals surface area contributed by atoms with Crippen molar-refractivity contribution in [1.82, 2.24) is 0 Å². The molecule has 0 aliphatic heterocycles. The number of aryl methyl sites for hydroxylation is 2. The van der Waals surface area contributed by atoms with Crippen molar-refractivity contribution in [2.75, 3.05) is 0 Å². The average molecular weight is 423 g/mol. The summed E-state index contributed by atoms with van der Waals surface area (Å²) < 4.78 is 0. The van der Waals surface area contributed by atoms with E-state index in [-0.39, 0.29) is 11.3 Å². The van der Waals surface area contributed by atoms with Gasteiger partial charge in [0, 0.05) is 11.5 Å². The lowest BCUT2D eigenvalue weighted by Crippen LogP contribution is -2.55. The molecule has 0 amide bonds. The molecule has 4 aliphatic carbocycles. The number of ketones is 1. The second kappa shape index (κ2) is 7.17. The lowest BCUT2D eigenvalue weighted by atomic mass is 9.44. The van der Waals surface area contributed by atoms with Gasteiger partial charge in [0.05, 0.1) is 5.60 Å². The maximum absolute atomic E-state index is 13.7. The first-order valence-corrected chi connectivity index (χ1v) is 12.9. The Morgan fingerprint density at radius 2 is 1.52 bits per heavy atom. The first-order valence-electron chi connectivity index (χ1n) is 12.9. The summed E-state index contributed by atoms with van der Waals surface area (Å²) in [4.78, 5) is 13.7. The van der Waals surface area contributed by atoms with E-state index < -0.39 is 5.60 Å². The van der Waals surface area contributed by atoms with E-state index in [4.69, 9.17) is 0 Å². The third-order valence-electron chi connectivity index (χ3n) is 10.8. The zero-order valence-electron chi connectivity index (χ0n) is 20.3. The van der Waals surface area contributed by atoms with Crippen LogP contribution in [0.1, 0.15) is 100 Å². The van der Waals surface area contributed by atoms with Crippen LogP contribution in [0, 0.1) is 54.3 Å². The predicted octanol–water partition coefficient (Wildman–Crippen LogP) is 6.90. The van der Waals surface area contributed by atoms with Gasteiger partial charge in [-0.1, -0.05) is 31.0 Å². The van der Waals surface area contributed by atoms with Crippen LogP contribution in [0.5, 0.6) is 0 Å². The fourth-order valence-electron chi connectivity index (χ4n) is 9.18. The monoisotopic (exact) mass is 422 g/mol. The Morgan fingerprint density at radius 3 is 2.23 bits per heavy atom. The van der Waals surface area contributed by atoms with Gasteiger partial charge in [0.25, 0.3) is 0 Å². The summed E-state index contributed by atoms with van der Waals surface area (Å²) in [6, 6.07) is 6.39. The van der Waals surface area contributed by atoms with E-state index in [0.717, 1.165) is 36.7 Å². The molecule has 0 saturated heterocycles. The zero-order valence-corrected chi connectivity index (χ0v) is 20.3. The summed E-state index contributed by atoms with van der Waals surface area (Å²) in [6.07, 6.45) is 10.5. The molecule has 31 heavy (non-hydrogen) atoms. The molecule has 4 saturated carbocycles. The maximum atomic E-state index is 13.7. The summed E-state index contributed by atoms with van der Waals surface area (Å²) in [7, 11) is 0. The molecular weight excluding hydrogens is 380 g/mol. The fourth-order valence-corrected chi connectivity index (χ4v) is 9.18. The Hall–Kier alpha value is -1.15. The van der Waals surface area contributed by atoms with Gasteiger partial charge in [-0.05, 0) is 125 Å². The first kappa shape index (κ1) is 21.7. The lowest BCUT2D eigenvalue weighted by molar-refractivity contribution is -0.144. The Balaban J connectivity index is 1.40. The SMILES string of the molecule is Cc1cc(C)cc(C(=O)[C@H]2CC[C@H]3[C@@H]4CC[C@H]5C[C@](C)(O)CC[C@]5(C)[C@H]4CC[C@]23C)c1. The van der Waals surface area contributed by atoms with Crippen molar-refractivity contribution in [3.63, 3.8) is 0 Å². The molecule has 0 aromatic heterocycles. The van der Waals surface area contributed by atoms with Crippen LogP contribution in [0.4, 0.5) is 0 Å². The standard InChI is InChI=1S/C29H42O2/c1-18-14-19(2)16-20(15-18)26(30)25-9-8-23-22-7-6-21-17-27(3,31)12-13-28(21,4)24(22)10-11-29(23,25)5/h14-16,21-25,31H,6-13,17H2,1-5H3/t21-,22-,23-,24-,25+,27+,28-,29-/m0/s1. The third kappa shape index (κ3) is 3.35. The highest BCUT2D eigenvalue weighted by atomic mass is 16.3. The molecule has 1 aromatic rings. The summed E-state index contributed by atoms with van der Waals surface area (Å²) >= 11 is 0. The Kier molecular flexibility index (Phi) is 5.02. The average Bonchev–Trinajstić information content (AvgIpc) is 3.04. The van der Waals surface area contributed by atoms with Crippen molar-refractivity contribution in [2.24, 2.45) is 40.4 Å². The minimum atomic E-state index is -0.461. The fraction of sp³-hybridized carbons (Fsp3) is 0.759. The first-order chi connectivity index (χ1) is 14.5. The number of rotatable bonds is 2. The quantitative estimate of drug-likeness (QED) is 0.527. The molecule has 2 nitrogen and oxygen atoms in total. The minimum absolute atomic E-state index is 0.166. The van der Waals surface area contributed by atoms with Crippen LogP contribution in [-0.2, 0) is 0 Å². The number of benzene rings is 1. The van der Waals surface area contributed by atoms with Crippen molar-refractivity contribution in [1.29, 1.82) is 0 Å². The highest BCUT2D eigenvalue weighted by Gasteiger charge is 2.61. The number of carbonyl (C=O) groups is 1. The number of hydrogen-bond donors (Lipinski definition) is 1. The molecule has 8 atom stereocenters. The van der Waals surface area contributed by atoms with Gasteiger partial charge in [0.1, 0.15) is 0 Å². The van der Waals surface area contributed by atoms with E-state index in [1.807, 2.05) is 0 Å². The molecular formula is C29H42O2. The van der Waals surface area contributed by atoms with Crippen LogP contribution in [-0.4, -0.2) is 16.5 Å². The number of fused-ring (bicyclic) bond motifs is 5. The van der Waals surface area contributed by atoms with E-state index in [9.17, 15) is 9.90 Å². The van der Waals surface area contributed by atoms with Crippen LogP contribution < -0.4 is 0 Å². The van der Waals surface area contributed by atoms with Crippen molar-refractivity contribution >= 4 is 5.78 Å². The van der Waals surface area contributed by atoms with Crippen molar-refractivity contribution in [3.05, 3.63) is 34.9 Å². The van der Waals surface area contributed by atoms with Crippen LogP contribution in [0.15, 0.2) is 18.2 Å². The molecule has 0 spiro atoms. The molecule has 4 aliphatic rings. The number of Topliss-reactive ketones (excluding diaryl/α,β-unsaturated/α-hetero) is 1. The van der Waals surface area contributed by atoms with E-state index in [2.05, 4.69) is 52.8 Å². The van der Waals surface area contributed by atoms with E-state index >= 15 is 0 Å². The largest absolute Gasteiger partial charge is 0.390 e. The molecule has 0 radical (unpaired) electrons. The van der Waals surface area contributed by atoms with Crippen LogP contribution in [0.2, 0.25) is 0 Å². The normalized spacial score (nSPS) is 46.7. The summed E-state index contributed by atoms with van der Waals surface area (Å²) in [6.45, 7) is 11.3. The Labute approximate surface area is 189 Å². The van der Waals surface area contributed by atoms with E-state index in [0.29, 0.717) is 23.0 Å². The second-order valence-corrected chi connectivity index (χ2v) is 12.8. The lowest BCUT2D eigenvalue weighted by Gasteiger charge is -2.61. The molecule has 1 N–H and O–H groups in total. The van der Waals surface area contributed by atoms with Gasteiger partial charge < -0.3 is 5.11 Å². The molecule has 0 heterocycles. The van der Waals surface area contributed by atoms with Gasteiger partial charge in [-0.15, -0.1) is 0 Å².